The minimum atomic E-state index is -0.0754. The highest BCUT2D eigenvalue weighted by Crippen LogP contribution is 2.31. The predicted octanol–water partition coefficient (Wildman–Crippen LogP) is 2.79. The van der Waals surface area contributed by atoms with E-state index >= 15 is 0 Å². The summed E-state index contributed by atoms with van der Waals surface area (Å²) in [4.78, 5) is 0. The second-order valence-corrected chi connectivity index (χ2v) is 5.10. The lowest BCUT2D eigenvalue weighted by Gasteiger charge is -2.30. The fourth-order valence-corrected chi connectivity index (χ4v) is 2.41. The van der Waals surface area contributed by atoms with Crippen LogP contribution in [0.15, 0.2) is 54.6 Å². The molecule has 0 radical (unpaired) electrons. The quantitative estimate of drug-likeness (QED) is 0.928. The number of fused-ring (bicyclic) bond motifs is 1. The first kappa shape index (κ1) is 13.0. The largest absolute Gasteiger partial charge is 0.486 e. The van der Waals surface area contributed by atoms with Gasteiger partial charge in [-0.1, -0.05) is 42.5 Å². The highest BCUT2D eigenvalue weighted by atomic mass is 16.6. The van der Waals surface area contributed by atoms with Crippen LogP contribution in [0.4, 0.5) is 0 Å². The highest BCUT2D eigenvalue weighted by Gasteiger charge is 2.26. The highest BCUT2D eigenvalue weighted by molar-refractivity contribution is 5.40. The van der Waals surface area contributed by atoms with Gasteiger partial charge in [0.05, 0.1) is 0 Å². The first-order valence-corrected chi connectivity index (χ1v) is 7.01. The fourth-order valence-electron chi connectivity index (χ4n) is 2.41. The van der Waals surface area contributed by atoms with E-state index < -0.39 is 0 Å². The first-order chi connectivity index (χ1) is 9.83. The van der Waals surface area contributed by atoms with E-state index in [1.165, 1.54) is 5.56 Å². The molecule has 3 nitrogen and oxygen atoms in total. The topological polar surface area (TPSA) is 44.5 Å². The Bertz CT molecular complexity index is 556. The molecule has 0 fully saturated rings. The van der Waals surface area contributed by atoms with Gasteiger partial charge in [-0.05, 0) is 30.5 Å². The summed E-state index contributed by atoms with van der Waals surface area (Å²) in [5.74, 6) is 1.60. The Kier molecular flexibility index (Phi) is 3.88. The summed E-state index contributed by atoms with van der Waals surface area (Å²) >= 11 is 0. The molecule has 0 saturated heterocycles. The van der Waals surface area contributed by atoms with Crippen molar-refractivity contribution in [2.45, 2.75) is 25.0 Å². The molecule has 1 heterocycles. The molecule has 0 unspecified atom stereocenters. The average Bonchev–Trinajstić information content (AvgIpc) is 2.53. The zero-order chi connectivity index (χ0) is 13.8. The van der Waals surface area contributed by atoms with Crippen molar-refractivity contribution >= 4 is 0 Å². The third-order valence-corrected chi connectivity index (χ3v) is 3.62. The van der Waals surface area contributed by atoms with Gasteiger partial charge < -0.3 is 15.2 Å². The van der Waals surface area contributed by atoms with Crippen molar-refractivity contribution in [1.29, 1.82) is 0 Å². The van der Waals surface area contributed by atoms with Gasteiger partial charge in [-0.25, -0.2) is 0 Å². The van der Waals surface area contributed by atoms with Crippen LogP contribution in [0, 0.1) is 0 Å². The van der Waals surface area contributed by atoms with Crippen LogP contribution in [0.5, 0.6) is 11.5 Å². The van der Waals surface area contributed by atoms with Gasteiger partial charge in [-0.15, -0.1) is 0 Å². The summed E-state index contributed by atoms with van der Waals surface area (Å²) in [5, 5.41) is 0. The van der Waals surface area contributed by atoms with Crippen LogP contribution in [-0.4, -0.2) is 18.8 Å². The Morgan fingerprint density at radius 2 is 1.70 bits per heavy atom. The second-order valence-electron chi connectivity index (χ2n) is 5.10. The number of rotatable bonds is 4. The van der Waals surface area contributed by atoms with E-state index in [0.29, 0.717) is 6.61 Å². The van der Waals surface area contributed by atoms with Gasteiger partial charge in [0.25, 0.3) is 0 Å². The summed E-state index contributed by atoms with van der Waals surface area (Å²) in [6.07, 6.45) is 1.78. The summed E-state index contributed by atoms with van der Waals surface area (Å²) in [7, 11) is 0. The Morgan fingerprint density at radius 3 is 2.50 bits per heavy atom. The summed E-state index contributed by atoms with van der Waals surface area (Å²) in [6.45, 7) is 0.521. The normalized spacial score (nSPS) is 18.6. The van der Waals surface area contributed by atoms with Gasteiger partial charge >= 0.3 is 0 Å². The van der Waals surface area contributed by atoms with Crippen LogP contribution >= 0.6 is 0 Å². The van der Waals surface area contributed by atoms with E-state index in [2.05, 4.69) is 24.3 Å². The first-order valence-electron chi connectivity index (χ1n) is 7.01. The Labute approximate surface area is 119 Å². The van der Waals surface area contributed by atoms with Crippen LogP contribution in [0.2, 0.25) is 0 Å². The van der Waals surface area contributed by atoms with Gasteiger partial charge in [0.2, 0.25) is 0 Å². The summed E-state index contributed by atoms with van der Waals surface area (Å²) in [5.41, 5.74) is 7.55. The number of nitrogens with two attached hydrogens (primary N) is 1. The SMILES string of the molecule is N[C@H](CCc1ccccc1)[C@H]1COc2ccccc2O1. The van der Waals surface area contributed by atoms with Crippen LogP contribution in [0.25, 0.3) is 0 Å². The minimum absolute atomic E-state index is 0.0245. The number of aryl methyl sites for hydroxylation is 1. The number of hydrogen-bond donors (Lipinski definition) is 1. The van der Waals surface area contributed by atoms with E-state index in [4.69, 9.17) is 15.2 Å². The third-order valence-electron chi connectivity index (χ3n) is 3.62. The number of hydrogen-bond acceptors (Lipinski definition) is 3. The molecule has 1 aliphatic rings. The molecule has 0 bridgehead atoms. The van der Waals surface area contributed by atoms with Crippen LogP contribution in [0.3, 0.4) is 0 Å². The van der Waals surface area contributed by atoms with Gasteiger partial charge in [-0.3, -0.25) is 0 Å². The molecule has 0 spiro atoms. The van der Waals surface area contributed by atoms with Crippen LogP contribution in [-0.2, 0) is 6.42 Å². The lowest BCUT2D eigenvalue weighted by Crippen LogP contribution is -2.45. The second kappa shape index (κ2) is 5.97. The molecular weight excluding hydrogens is 250 g/mol. The van der Waals surface area contributed by atoms with E-state index in [1.807, 2.05) is 30.3 Å². The fraction of sp³-hybridized carbons (Fsp3) is 0.294. The van der Waals surface area contributed by atoms with Gasteiger partial charge in [0.15, 0.2) is 11.5 Å². The van der Waals surface area contributed by atoms with E-state index in [0.717, 1.165) is 24.3 Å². The zero-order valence-electron chi connectivity index (χ0n) is 11.4. The molecule has 0 saturated carbocycles. The van der Waals surface area contributed by atoms with Crippen LogP contribution < -0.4 is 15.2 Å². The van der Waals surface area contributed by atoms with Crippen molar-refractivity contribution in [2.24, 2.45) is 5.73 Å². The van der Waals surface area contributed by atoms with Gasteiger partial charge in [0, 0.05) is 6.04 Å². The molecule has 2 N–H and O–H groups in total. The average molecular weight is 269 g/mol. The van der Waals surface area contributed by atoms with Gasteiger partial charge in [0.1, 0.15) is 12.7 Å². The van der Waals surface area contributed by atoms with Crippen molar-refractivity contribution < 1.29 is 9.47 Å². The Morgan fingerprint density at radius 1 is 1.00 bits per heavy atom. The number of para-hydroxylation sites is 2. The van der Waals surface area contributed by atoms with Crippen molar-refractivity contribution in [3.8, 4) is 11.5 Å². The molecule has 104 valence electrons. The van der Waals surface area contributed by atoms with Crippen LogP contribution in [0.1, 0.15) is 12.0 Å². The lowest BCUT2D eigenvalue weighted by atomic mass is 10.0. The molecule has 0 amide bonds. The predicted molar refractivity (Wildman–Crippen MR) is 79.1 cm³/mol. The van der Waals surface area contributed by atoms with Crippen molar-refractivity contribution in [3.05, 3.63) is 60.2 Å². The molecule has 2 aromatic carbocycles. The smallest absolute Gasteiger partial charge is 0.161 e. The number of benzene rings is 2. The minimum Gasteiger partial charge on any atom is -0.486 e. The van der Waals surface area contributed by atoms with E-state index in [-0.39, 0.29) is 12.1 Å². The molecule has 3 rings (SSSR count). The monoisotopic (exact) mass is 269 g/mol. The molecule has 20 heavy (non-hydrogen) atoms. The maximum atomic E-state index is 6.25. The molecule has 0 aliphatic carbocycles. The molecule has 2 atom stereocenters. The Hall–Kier alpha value is -2.00. The summed E-state index contributed by atoms with van der Waals surface area (Å²) < 4.78 is 11.6. The lowest BCUT2D eigenvalue weighted by molar-refractivity contribution is 0.0702. The zero-order valence-corrected chi connectivity index (χ0v) is 11.4. The standard InChI is InChI=1S/C17H19NO2/c18-14(11-10-13-6-2-1-3-7-13)17-12-19-15-8-4-5-9-16(15)20-17/h1-9,14,17H,10-12,18H2/t14-,17-/m1/s1. The molecule has 3 heteroatoms. The van der Waals surface area contributed by atoms with E-state index in [1.54, 1.807) is 0 Å². The molecular formula is C17H19NO2. The maximum Gasteiger partial charge on any atom is 0.161 e. The third kappa shape index (κ3) is 2.94. The van der Waals surface area contributed by atoms with Gasteiger partial charge in [-0.2, -0.15) is 0 Å². The molecule has 0 aromatic heterocycles. The van der Waals surface area contributed by atoms with E-state index in [9.17, 15) is 0 Å². The maximum absolute atomic E-state index is 6.25. The number of ether oxygens (including phenoxy) is 2. The summed E-state index contributed by atoms with van der Waals surface area (Å²) in [6, 6.07) is 18.1. The van der Waals surface area contributed by atoms with Crippen molar-refractivity contribution in [3.63, 3.8) is 0 Å². The van der Waals surface area contributed by atoms with Crippen molar-refractivity contribution in [1.82, 2.24) is 0 Å². The molecule has 1 aliphatic heterocycles. The molecule has 2 aromatic rings. The Balaban J connectivity index is 1.58. The van der Waals surface area contributed by atoms with Crippen molar-refractivity contribution in [2.75, 3.05) is 6.61 Å².